The molecule has 0 spiro atoms. The minimum atomic E-state index is -0.989. The lowest BCUT2D eigenvalue weighted by atomic mass is 9.86. The molecule has 0 aromatic rings. The van der Waals surface area contributed by atoms with Crippen LogP contribution in [0, 0.1) is 11.8 Å². The second-order valence-electron chi connectivity index (χ2n) is 5.55. The molecular weight excluding hydrogens is 232 g/mol. The van der Waals surface area contributed by atoms with Crippen LogP contribution in [0.5, 0.6) is 0 Å². The zero-order valence-electron chi connectivity index (χ0n) is 11.4. The van der Waals surface area contributed by atoms with Crippen LogP contribution in [0.15, 0.2) is 0 Å². The SMILES string of the molecule is CC(C)[C@H](NC(=O)N[C@H]1CCCC[C@H]1C)C(=O)O. The Morgan fingerprint density at radius 3 is 2.33 bits per heavy atom. The van der Waals surface area contributed by atoms with Gasteiger partial charge >= 0.3 is 12.0 Å². The van der Waals surface area contributed by atoms with Crippen LogP contribution in [0.25, 0.3) is 0 Å². The smallest absolute Gasteiger partial charge is 0.326 e. The molecule has 2 amide bonds. The number of urea groups is 1. The number of aliphatic carboxylic acids is 1. The lowest BCUT2D eigenvalue weighted by Gasteiger charge is -2.30. The Kier molecular flexibility index (Phi) is 5.44. The molecule has 5 heteroatoms. The van der Waals surface area contributed by atoms with E-state index in [4.69, 9.17) is 5.11 Å². The van der Waals surface area contributed by atoms with Crippen molar-refractivity contribution in [2.45, 2.75) is 58.5 Å². The second kappa shape index (κ2) is 6.61. The van der Waals surface area contributed by atoms with Gasteiger partial charge in [-0.15, -0.1) is 0 Å². The number of carbonyl (C=O) groups excluding carboxylic acids is 1. The number of rotatable bonds is 4. The molecule has 18 heavy (non-hydrogen) atoms. The average molecular weight is 256 g/mol. The van der Waals surface area contributed by atoms with Crippen LogP contribution in [-0.4, -0.2) is 29.2 Å². The quantitative estimate of drug-likeness (QED) is 0.719. The summed E-state index contributed by atoms with van der Waals surface area (Å²) in [4.78, 5) is 22.8. The van der Waals surface area contributed by atoms with Crippen molar-refractivity contribution in [2.24, 2.45) is 11.8 Å². The molecule has 1 aliphatic carbocycles. The van der Waals surface area contributed by atoms with Crippen molar-refractivity contribution in [3.8, 4) is 0 Å². The van der Waals surface area contributed by atoms with Crippen molar-refractivity contribution in [2.75, 3.05) is 0 Å². The maximum Gasteiger partial charge on any atom is 0.326 e. The van der Waals surface area contributed by atoms with E-state index in [0.717, 1.165) is 19.3 Å². The number of carboxylic acids is 1. The molecule has 0 aliphatic heterocycles. The van der Waals surface area contributed by atoms with Gasteiger partial charge in [0.25, 0.3) is 0 Å². The fourth-order valence-corrected chi connectivity index (χ4v) is 2.40. The summed E-state index contributed by atoms with van der Waals surface area (Å²) < 4.78 is 0. The Labute approximate surface area is 108 Å². The Morgan fingerprint density at radius 1 is 1.22 bits per heavy atom. The molecule has 3 atom stereocenters. The Morgan fingerprint density at radius 2 is 1.83 bits per heavy atom. The van der Waals surface area contributed by atoms with Gasteiger partial charge in [-0.2, -0.15) is 0 Å². The molecule has 1 aliphatic rings. The highest BCUT2D eigenvalue weighted by atomic mass is 16.4. The molecule has 0 heterocycles. The second-order valence-corrected chi connectivity index (χ2v) is 5.55. The summed E-state index contributed by atoms with van der Waals surface area (Å²) in [6, 6.07) is -1.03. The normalized spacial score (nSPS) is 25.6. The zero-order chi connectivity index (χ0) is 13.7. The van der Waals surface area contributed by atoms with Gasteiger partial charge in [0.15, 0.2) is 0 Å². The van der Waals surface area contributed by atoms with E-state index in [1.54, 1.807) is 13.8 Å². The molecule has 0 unspecified atom stereocenters. The van der Waals surface area contributed by atoms with Gasteiger partial charge in [-0.1, -0.05) is 33.6 Å². The van der Waals surface area contributed by atoms with Crippen LogP contribution < -0.4 is 10.6 Å². The van der Waals surface area contributed by atoms with Gasteiger partial charge in [-0.25, -0.2) is 9.59 Å². The first-order valence-corrected chi connectivity index (χ1v) is 6.71. The van der Waals surface area contributed by atoms with Gasteiger partial charge in [0.1, 0.15) is 6.04 Å². The minimum absolute atomic E-state index is 0.128. The maximum atomic E-state index is 11.8. The van der Waals surface area contributed by atoms with Crippen LogP contribution in [0.4, 0.5) is 4.79 Å². The minimum Gasteiger partial charge on any atom is -0.480 e. The molecular formula is C13H24N2O3. The van der Waals surface area contributed by atoms with E-state index in [-0.39, 0.29) is 18.0 Å². The number of nitrogens with one attached hydrogen (secondary N) is 2. The van der Waals surface area contributed by atoms with Crippen LogP contribution in [0.2, 0.25) is 0 Å². The molecule has 0 aromatic carbocycles. The highest BCUT2D eigenvalue weighted by Crippen LogP contribution is 2.23. The number of hydrogen-bond donors (Lipinski definition) is 3. The van der Waals surface area contributed by atoms with E-state index in [1.807, 2.05) is 0 Å². The van der Waals surface area contributed by atoms with Crippen molar-refractivity contribution in [1.29, 1.82) is 0 Å². The Bertz CT molecular complexity index is 305. The maximum absolute atomic E-state index is 11.8. The predicted molar refractivity (Wildman–Crippen MR) is 69.3 cm³/mol. The number of carboxylic acid groups (broad SMARTS) is 1. The average Bonchev–Trinajstić information content (AvgIpc) is 2.28. The third kappa shape index (κ3) is 4.20. The van der Waals surface area contributed by atoms with Crippen molar-refractivity contribution >= 4 is 12.0 Å². The molecule has 5 nitrogen and oxygen atoms in total. The van der Waals surface area contributed by atoms with E-state index in [9.17, 15) is 9.59 Å². The highest BCUT2D eigenvalue weighted by molar-refractivity contribution is 5.82. The van der Waals surface area contributed by atoms with Gasteiger partial charge in [-0.05, 0) is 24.7 Å². The summed E-state index contributed by atoms with van der Waals surface area (Å²) in [6.07, 6.45) is 4.44. The summed E-state index contributed by atoms with van der Waals surface area (Å²) in [5, 5.41) is 14.4. The van der Waals surface area contributed by atoms with Crippen LogP contribution in [-0.2, 0) is 4.79 Å². The fourth-order valence-electron chi connectivity index (χ4n) is 2.40. The van der Waals surface area contributed by atoms with Crippen molar-refractivity contribution in [1.82, 2.24) is 10.6 Å². The van der Waals surface area contributed by atoms with Crippen molar-refractivity contribution < 1.29 is 14.7 Å². The summed E-state index contributed by atoms with van der Waals surface area (Å²) >= 11 is 0. The Balaban J connectivity index is 2.47. The molecule has 1 rings (SSSR count). The predicted octanol–water partition coefficient (Wildman–Crippen LogP) is 1.97. The molecule has 3 N–H and O–H groups in total. The topological polar surface area (TPSA) is 78.4 Å². The number of carbonyl (C=O) groups is 2. The van der Waals surface area contributed by atoms with Crippen LogP contribution >= 0.6 is 0 Å². The van der Waals surface area contributed by atoms with Crippen LogP contribution in [0.1, 0.15) is 46.5 Å². The van der Waals surface area contributed by atoms with E-state index >= 15 is 0 Å². The molecule has 1 fully saturated rings. The first kappa shape index (κ1) is 14.8. The van der Waals surface area contributed by atoms with Crippen LogP contribution in [0.3, 0.4) is 0 Å². The number of amides is 2. The summed E-state index contributed by atoms with van der Waals surface area (Å²) in [5.74, 6) is -0.652. The van der Waals surface area contributed by atoms with E-state index < -0.39 is 12.0 Å². The first-order valence-electron chi connectivity index (χ1n) is 6.71. The summed E-state index contributed by atoms with van der Waals surface area (Å²) in [5.41, 5.74) is 0. The summed E-state index contributed by atoms with van der Waals surface area (Å²) in [7, 11) is 0. The Hall–Kier alpha value is -1.26. The third-order valence-corrected chi connectivity index (χ3v) is 3.65. The fraction of sp³-hybridized carbons (Fsp3) is 0.846. The van der Waals surface area contributed by atoms with Gasteiger partial charge in [0.2, 0.25) is 0 Å². The zero-order valence-corrected chi connectivity index (χ0v) is 11.4. The molecule has 0 bridgehead atoms. The van der Waals surface area contributed by atoms with Crippen molar-refractivity contribution in [3.05, 3.63) is 0 Å². The van der Waals surface area contributed by atoms with E-state index in [2.05, 4.69) is 17.6 Å². The van der Waals surface area contributed by atoms with Gasteiger partial charge < -0.3 is 15.7 Å². The lowest BCUT2D eigenvalue weighted by Crippen LogP contribution is -2.52. The molecule has 0 radical (unpaired) electrons. The standard InChI is InChI=1S/C13H24N2O3/c1-8(2)11(12(16)17)15-13(18)14-10-7-5-4-6-9(10)3/h8-11H,4-7H2,1-3H3,(H,16,17)(H2,14,15,18)/t9-,10+,11+/m1/s1. The lowest BCUT2D eigenvalue weighted by molar-refractivity contribution is -0.140. The largest absolute Gasteiger partial charge is 0.480 e. The molecule has 1 saturated carbocycles. The first-order chi connectivity index (χ1) is 8.41. The molecule has 0 aromatic heterocycles. The van der Waals surface area contributed by atoms with Gasteiger partial charge in [0, 0.05) is 6.04 Å². The third-order valence-electron chi connectivity index (χ3n) is 3.65. The molecule has 104 valence electrons. The molecule has 0 saturated heterocycles. The van der Waals surface area contributed by atoms with Gasteiger partial charge in [0.05, 0.1) is 0 Å². The van der Waals surface area contributed by atoms with Gasteiger partial charge in [-0.3, -0.25) is 0 Å². The van der Waals surface area contributed by atoms with Crippen molar-refractivity contribution in [3.63, 3.8) is 0 Å². The highest BCUT2D eigenvalue weighted by Gasteiger charge is 2.26. The number of hydrogen-bond acceptors (Lipinski definition) is 2. The van der Waals surface area contributed by atoms with E-state index in [0.29, 0.717) is 5.92 Å². The summed E-state index contributed by atoms with van der Waals surface area (Å²) in [6.45, 7) is 5.69. The van der Waals surface area contributed by atoms with E-state index in [1.165, 1.54) is 6.42 Å². The monoisotopic (exact) mass is 256 g/mol.